The van der Waals surface area contributed by atoms with Gasteiger partial charge in [0.1, 0.15) is 5.75 Å². The zero-order valence-electron chi connectivity index (χ0n) is 12.4. The van der Waals surface area contributed by atoms with Crippen LogP contribution in [0.2, 0.25) is 0 Å². The van der Waals surface area contributed by atoms with Crippen molar-refractivity contribution in [1.82, 2.24) is 4.98 Å². The minimum atomic E-state index is 0.156. The molecule has 112 valence electrons. The van der Waals surface area contributed by atoms with Crippen molar-refractivity contribution < 1.29 is 14.3 Å². The molecule has 0 bridgehead atoms. The van der Waals surface area contributed by atoms with Crippen LogP contribution < -0.4 is 4.74 Å². The molecule has 1 aromatic heterocycles. The Labute approximate surface area is 124 Å². The Balaban J connectivity index is 1.80. The summed E-state index contributed by atoms with van der Waals surface area (Å²) in [5.74, 6) is 0.931. The maximum absolute atomic E-state index is 12.5. The van der Waals surface area contributed by atoms with Gasteiger partial charge >= 0.3 is 0 Å². The number of aromatic nitrogens is 1. The number of nitrogens with one attached hydrogen (secondary N) is 1. The molecule has 1 fully saturated rings. The first-order valence-corrected chi connectivity index (χ1v) is 7.67. The van der Waals surface area contributed by atoms with Crippen LogP contribution in [-0.4, -0.2) is 30.1 Å². The van der Waals surface area contributed by atoms with Crippen LogP contribution in [0.5, 0.6) is 5.75 Å². The summed E-state index contributed by atoms with van der Waals surface area (Å²) in [6.45, 7) is 3.37. The predicted molar refractivity (Wildman–Crippen MR) is 82.0 cm³/mol. The predicted octanol–water partition coefficient (Wildman–Crippen LogP) is 3.71. The molecule has 0 spiro atoms. The second-order valence-corrected chi connectivity index (χ2v) is 5.41. The Bertz CT molecular complexity index is 626. The van der Waals surface area contributed by atoms with Gasteiger partial charge in [0.25, 0.3) is 0 Å². The Morgan fingerprint density at radius 2 is 2.38 bits per heavy atom. The molecule has 21 heavy (non-hydrogen) atoms. The summed E-state index contributed by atoms with van der Waals surface area (Å²) >= 11 is 0. The summed E-state index contributed by atoms with van der Waals surface area (Å²) in [4.78, 5) is 15.7. The van der Waals surface area contributed by atoms with Crippen LogP contribution in [-0.2, 0) is 4.74 Å². The first-order valence-electron chi connectivity index (χ1n) is 7.67. The maximum Gasteiger partial charge on any atom is 0.165 e. The highest BCUT2D eigenvalue weighted by Gasteiger charge is 2.20. The number of hydrogen-bond acceptors (Lipinski definition) is 3. The lowest BCUT2D eigenvalue weighted by Crippen LogP contribution is -2.08. The lowest BCUT2D eigenvalue weighted by molar-refractivity contribution is 0.0860. The number of hydrogen-bond donors (Lipinski definition) is 1. The highest BCUT2D eigenvalue weighted by Crippen LogP contribution is 2.30. The van der Waals surface area contributed by atoms with Gasteiger partial charge in [-0.25, -0.2) is 0 Å². The van der Waals surface area contributed by atoms with Gasteiger partial charge in [-0.2, -0.15) is 0 Å². The molecule has 0 aliphatic carbocycles. The molecule has 2 aromatic rings. The van der Waals surface area contributed by atoms with Gasteiger partial charge in [-0.3, -0.25) is 4.79 Å². The zero-order valence-corrected chi connectivity index (χ0v) is 12.4. The van der Waals surface area contributed by atoms with Crippen LogP contribution in [0.15, 0.2) is 24.4 Å². The van der Waals surface area contributed by atoms with Gasteiger partial charge in [0.2, 0.25) is 0 Å². The van der Waals surface area contributed by atoms with Crippen molar-refractivity contribution in [2.24, 2.45) is 0 Å². The van der Waals surface area contributed by atoms with Crippen LogP contribution in [0.25, 0.3) is 10.9 Å². The molecule has 1 aromatic carbocycles. The van der Waals surface area contributed by atoms with E-state index in [1.165, 1.54) is 0 Å². The van der Waals surface area contributed by atoms with Gasteiger partial charge in [0.05, 0.1) is 18.1 Å². The molecule has 0 radical (unpaired) electrons. The number of H-pyrrole nitrogens is 1. The first-order chi connectivity index (χ1) is 10.3. The number of benzene rings is 1. The van der Waals surface area contributed by atoms with Crippen LogP contribution >= 0.6 is 0 Å². The van der Waals surface area contributed by atoms with Crippen LogP contribution in [0.1, 0.15) is 43.0 Å². The van der Waals surface area contributed by atoms with Gasteiger partial charge in [-0.1, -0.05) is 6.07 Å². The second kappa shape index (κ2) is 6.31. The molecule has 1 aliphatic rings. The number of Topliss-reactive ketones (excluding diaryl/α,β-unsaturated/α-hetero) is 1. The molecular weight excluding hydrogens is 266 g/mol. The molecule has 4 heteroatoms. The van der Waals surface area contributed by atoms with Crippen molar-refractivity contribution in [1.29, 1.82) is 0 Å². The van der Waals surface area contributed by atoms with Crippen molar-refractivity contribution in [2.75, 3.05) is 13.2 Å². The monoisotopic (exact) mass is 287 g/mol. The van der Waals surface area contributed by atoms with Crippen molar-refractivity contribution in [3.63, 3.8) is 0 Å². The number of carbonyl (C=O) groups excluding carboxylic acids is 1. The Hall–Kier alpha value is -1.81. The van der Waals surface area contributed by atoms with Crippen molar-refractivity contribution in [3.8, 4) is 5.75 Å². The van der Waals surface area contributed by atoms with E-state index >= 15 is 0 Å². The van der Waals surface area contributed by atoms with E-state index in [-0.39, 0.29) is 11.9 Å². The number of ether oxygens (including phenoxy) is 2. The normalized spacial score (nSPS) is 18.2. The lowest BCUT2D eigenvalue weighted by atomic mass is 10.0. The van der Waals surface area contributed by atoms with Gasteiger partial charge in [0.15, 0.2) is 5.78 Å². The van der Waals surface area contributed by atoms with E-state index in [4.69, 9.17) is 9.47 Å². The lowest BCUT2D eigenvalue weighted by Gasteiger charge is -2.09. The molecule has 0 amide bonds. The van der Waals surface area contributed by atoms with Crippen molar-refractivity contribution in [3.05, 3.63) is 30.0 Å². The van der Waals surface area contributed by atoms with Crippen molar-refractivity contribution >= 4 is 16.7 Å². The van der Waals surface area contributed by atoms with Gasteiger partial charge in [-0.15, -0.1) is 0 Å². The molecule has 3 rings (SSSR count). The number of rotatable bonds is 6. The van der Waals surface area contributed by atoms with Crippen molar-refractivity contribution in [2.45, 2.75) is 38.7 Å². The van der Waals surface area contributed by atoms with E-state index in [9.17, 15) is 4.79 Å². The Morgan fingerprint density at radius 1 is 1.48 bits per heavy atom. The highest BCUT2D eigenvalue weighted by molar-refractivity contribution is 6.09. The number of ketones is 1. The molecule has 1 atom stereocenters. The van der Waals surface area contributed by atoms with Crippen LogP contribution in [0.4, 0.5) is 0 Å². The van der Waals surface area contributed by atoms with E-state index < -0.39 is 0 Å². The fraction of sp³-hybridized carbons (Fsp3) is 0.471. The summed E-state index contributed by atoms with van der Waals surface area (Å²) in [6, 6.07) is 5.82. The van der Waals surface area contributed by atoms with E-state index in [2.05, 4.69) is 4.98 Å². The van der Waals surface area contributed by atoms with Gasteiger partial charge in [-0.05, 0) is 38.3 Å². The average molecular weight is 287 g/mol. The molecule has 0 saturated carbocycles. The largest absolute Gasteiger partial charge is 0.493 e. The summed E-state index contributed by atoms with van der Waals surface area (Å²) in [5, 5.41) is 0.900. The molecule has 1 aliphatic heterocycles. The summed E-state index contributed by atoms with van der Waals surface area (Å²) in [6.07, 6.45) is 5.57. The average Bonchev–Trinajstić information content (AvgIpc) is 3.15. The number of fused-ring (bicyclic) bond motifs is 1. The van der Waals surface area contributed by atoms with E-state index in [1.807, 2.05) is 25.1 Å². The minimum absolute atomic E-state index is 0.156. The smallest absolute Gasteiger partial charge is 0.165 e. The zero-order chi connectivity index (χ0) is 14.7. The van der Waals surface area contributed by atoms with E-state index in [1.54, 1.807) is 6.20 Å². The number of carbonyl (C=O) groups is 1. The maximum atomic E-state index is 12.5. The molecule has 4 nitrogen and oxygen atoms in total. The third-order valence-corrected chi connectivity index (χ3v) is 3.99. The molecule has 1 unspecified atom stereocenters. The van der Waals surface area contributed by atoms with Crippen LogP contribution in [0, 0.1) is 0 Å². The molecular formula is C17H21NO3. The Kier molecular flexibility index (Phi) is 4.25. The second-order valence-electron chi connectivity index (χ2n) is 5.41. The number of aromatic amines is 1. The highest BCUT2D eigenvalue weighted by atomic mass is 16.5. The molecule has 2 heterocycles. The fourth-order valence-electron chi connectivity index (χ4n) is 2.95. The van der Waals surface area contributed by atoms with E-state index in [0.29, 0.717) is 13.0 Å². The topological polar surface area (TPSA) is 51.3 Å². The third-order valence-electron chi connectivity index (χ3n) is 3.99. The van der Waals surface area contributed by atoms with E-state index in [0.717, 1.165) is 48.1 Å². The fourth-order valence-corrected chi connectivity index (χ4v) is 2.95. The van der Waals surface area contributed by atoms with Gasteiger partial charge < -0.3 is 14.5 Å². The third kappa shape index (κ3) is 2.95. The summed E-state index contributed by atoms with van der Waals surface area (Å²) in [7, 11) is 0. The summed E-state index contributed by atoms with van der Waals surface area (Å²) < 4.78 is 11.2. The first kappa shape index (κ1) is 14.1. The SMILES string of the molecule is CCOc1cccc2[nH]cc(C(=O)CCC3CCCO3)c12. The Morgan fingerprint density at radius 3 is 3.14 bits per heavy atom. The molecule has 1 N–H and O–H groups in total. The molecule has 1 saturated heterocycles. The summed E-state index contributed by atoms with van der Waals surface area (Å²) in [5.41, 5.74) is 1.67. The standard InChI is InChI=1S/C17H21NO3/c1-2-20-16-7-3-6-14-17(16)13(11-18-14)15(19)9-8-12-5-4-10-21-12/h3,6-7,11-12,18H,2,4-5,8-10H2,1H3. The minimum Gasteiger partial charge on any atom is -0.493 e. The van der Waals surface area contributed by atoms with Crippen LogP contribution in [0.3, 0.4) is 0 Å². The quantitative estimate of drug-likeness (QED) is 0.824. The van der Waals surface area contributed by atoms with Gasteiger partial charge in [0, 0.05) is 30.3 Å².